The number of hydrogen-bond donors (Lipinski definition) is 2. The van der Waals surface area contributed by atoms with Crippen molar-refractivity contribution in [3.05, 3.63) is 21.9 Å². The third-order valence-corrected chi connectivity index (χ3v) is 3.89. The normalized spacial score (nSPS) is 20.1. The highest BCUT2D eigenvalue weighted by molar-refractivity contribution is 7.10. The zero-order valence-electron chi connectivity index (χ0n) is 8.53. The molecule has 1 saturated heterocycles. The number of aldehydes is 1. The Morgan fingerprint density at radius 3 is 2.93 bits per heavy atom. The zero-order valence-corrected chi connectivity index (χ0v) is 9.35. The van der Waals surface area contributed by atoms with Crippen molar-refractivity contribution in [1.29, 1.82) is 0 Å². The van der Waals surface area contributed by atoms with Gasteiger partial charge in [-0.05, 0) is 42.9 Å². The van der Waals surface area contributed by atoms with E-state index in [2.05, 4.69) is 5.32 Å². The van der Waals surface area contributed by atoms with Crippen molar-refractivity contribution in [3.63, 3.8) is 0 Å². The van der Waals surface area contributed by atoms with Crippen LogP contribution in [-0.2, 0) is 16.8 Å². The predicted molar refractivity (Wildman–Crippen MR) is 60.1 cm³/mol. The van der Waals surface area contributed by atoms with Crippen molar-refractivity contribution in [2.45, 2.75) is 24.9 Å². The highest BCUT2D eigenvalue weighted by Gasteiger charge is 2.33. The zero-order chi connectivity index (χ0) is 10.7. The van der Waals surface area contributed by atoms with Gasteiger partial charge in [-0.25, -0.2) is 0 Å². The Labute approximate surface area is 93.1 Å². The van der Waals surface area contributed by atoms with Gasteiger partial charge in [-0.1, -0.05) is 0 Å². The Kier molecular flexibility index (Phi) is 3.19. The van der Waals surface area contributed by atoms with Crippen LogP contribution in [0, 0.1) is 0 Å². The lowest BCUT2D eigenvalue weighted by atomic mass is 9.85. The summed E-state index contributed by atoms with van der Waals surface area (Å²) < 4.78 is 0. The van der Waals surface area contributed by atoms with Gasteiger partial charge in [0.1, 0.15) is 6.29 Å². The molecule has 1 aromatic heterocycles. The molecule has 0 unspecified atom stereocenters. The summed E-state index contributed by atoms with van der Waals surface area (Å²) in [4.78, 5) is 11.5. The van der Waals surface area contributed by atoms with Crippen LogP contribution in [0.25, 0.3) is 0 Å². The first-order chi connectivity index (χ1) is 7.26. The number of carbonyl (C=O) groups is 1. The van der Waals surface area contributed by atoms with E-state index in [1.165, 1.54) is 0 Å². The topological polar surface area (TPSA) is 49.3 Å². The van der Waals surface area contributed by atoms with Crippen LogP contribution in [0.4, 0.5) is 0 Å². The third kappa shape index (κ3) is 2.12. The Morgan fingerprint density at radius 1 is 1.53 bits per heavy atom. The number of rotatable bonds is 3. The molecule has 0 aliphatic carbocycles. The summed E-state index contributed by atoms with van der Waals surface area (Å²) in [6, 6.07) is 1.95. The summed E-state index contributed by atoms with van der Waals surface area (Å²) in [5.74, 6) is 0. The van der Waals surface area contributed by atoms with Crippen molar-refractivity contribution in [2.24, 2.45) is 0 Å². The van der Waals surface area contributed by atoms with Gasteiger partial charge in [0.15, 0.2) is 0 Å². The van der Waals surface area contributed by atoms with E-state index >= 15 is 0 Å². The molecule has 0 atom stereocenters. The number of hydrogen-bond acceptors (Lipinski definition) is 4. The van der Waals surface area contributed by atoms with Crippen molar-refractivity contribution in [1.82, 2.24) is 5.32 Å². The Balaban J connectivity index is 2.26. The number of nitrogens with one attached hydrogen (secondary N) is 1. The molecule has 2 heterocycles. The van der Waals surface area contributed by atoms with Gasteiger partial charge in [0, 0.05) is 11.3 Å². The quantitative estimate of drug-likeness (QED) is 0.756. The second-order valence-corrected chi connectivity index (χ2v) is 4.91. The highest BCUT2D eigenvalue weighted by Crippen LogP contribution is 2.35. The van der Waals surface area contributed by atoms with Crippen LogP contribution in [0.3, 0.4) is 0 Å². The van der Waals surface area contributed by atoms with Gasteiger partial charge in [0.25, 0.3) is 0 Å². The molecule has 2 N–H and O–H groups in total. The van der Waals surface area contributed by atoms with Crippen LogP contribution >= 0.6 is 11.3 Å². The van der Waals surface area contributed by atoms with Crippen LogP contribution in [0.2, 0.25) is 0 Å². The van der Waals surface area contributed by atoms with Crippen LogP contribution in [0.5, 0.6) is 0 Å². The minimum atomic E-state index is -0.719. The number of carbonyl (C=O) groups excluding carboxylic acids is 1. The van der Waals surface area contributed by atoms with Crippen molar-refractivity contribution >= 4 is 17.6 Å². The van der Waals surface area contributed by atoms with Crippen molar-refractivity contribution in [2.75, 3.05) is 13.1 Å². The van der Waals surface area contributed by atoms with Gasteiger partial charge < -0.3 is 15.2 Å². The number of thiophene rings is 1. The van der Waals surface area contributed by atoms with Crippen LogP contribution in [0.1, 0.15) is 23.3 Å². The fourth-order valence-corrected chi connectivity index (χ4v) is 3.02. The molecule has 3 nitrogen and oxygen atoms in total. The van der Waals surface area contributed by atoms with E-state index in [0.717, 1.165) is 42.7 Å². The van der Waals surface area contributed by atoms with Crippen molar-refractivity contribution in [3.8, 4) is 0 Å². The lowest BCUT2D eigenvalue weighted by Gasteiger charge is -2.33. The molecule has 0 spiro atoms. The Hall–Kier alpha value is -0.710. The summed E-state index contributed by atoms with van der Waals surface area (Å²) in [6.45, 7) is 1.68. The fourth-order valence-electron chi connectivity index (χ4n) is 2.10. The summed E-state index contributed by atoms with van der Waals surface area (Å²) >= 11 is 1.55. The standard InChI is InChI=1S/C11H15NO2S/c13-7-1-10-9(2-8-15-10)11(14)3-5-12-6-4-11/h2,7-8,12,14H,1,3-6H2. The van der Waals surface area contributed by atoms with E-state index in [4.69, 9.17) is 0 Å². The maximum atomic E-state index is 10.5. The maximum Gasteiger partial charge on any atom is 0.125 e. The van der Waals surface area contributed by atoms with Gasteiger partial charge in [-0.3, -0.25) is 0 Å². The SMILES string of the molecule is O=CCc1sccc1C1(O)CCNCC1. The van der Waals surface area contributed by atoms with E-state index in [1.54, 1.807) is 11.3 Å². The fraction of sp³-hybridized carbons (Fsp3) is 0.545. The minimum absolute atomic E-state index is 0.419. The smallest absolute Gasteiger partial charge is 0.125 e. The molecule has 15 heavy (non-hydrogen) atoms. The van der Waals surface area contributed by atoms with E-state index in [0.29, 0.717) is 6.42 Å². The number of piperidine rings is 1. The minimum Gasteiger partial charge on any atom is -0.385 e. The van der Waals surface area contributed by atoms with E-state index in [9.17, 15) is 9.90 Å². The van der Waals surface area contributed by atoms with E-state index < -0.39 is 5.60 Å². The van der Waals surface area contributed by atoms with Crippen LogP contribution < -0.4 is 5.32 Å². The molecule has 0 aromatic carbocycles. The summed E-state index contributed by atoms with van der Waals surface area (Å²) in [7, 11) is 0. The second kappa shape index (κ2) is 4.43. The summed E-state index contributed by atoms with van der Waals surface area (Å²) in [5.41, 5.74) is 0.241. The van der Waals surface area contributed by atoms with Gasteiger partial charge in [0.2, 0.25) is 0 Å². The van der Waals surface area contributed by atoms with Crippen molar-refractivity contribution < 1.29 is 9.90 Å². The molecule has 0 radical (unpaired) electrons. The molecule has 1 aromatic rings. The number of aliphatic hydroxyl groups is 1. The average Bonchev–Trinajstić information content (AvgIpc) is 2.68. The maximum absolute atomic E-state index is 10.5. The first kappa shape index (κ1) is 10.8. The molecule has 0 bridgehead atoms. The summed E-state index contributed by atoms with van der Waals surface area (Å²) in [6.07, 6.45) is 2.79. The molecule has 4 heteroatoms. The van der Waals surface area contributed by atoms with Crippen LogP contribution in [-0.4, -0.2) is 24.5 Å². The second-order valence-electron chi connectivity index (χ2n) is 3.91. The highest BCUT2D eigenvalue weighted by atomic mass is 32.1. The Morgan fingerprint density at radius 2 is 2.27 bits per heavy atom. The Bertz CT molecular complexity index is 342. The molecule has 1 aliphatic rings. The van der Waals surface area contributed by atoms with Gasteiger partial charge in [0.05, 0.1) is 5.60 Å². The first-order valence-electron chi connectivity index (χ1n) is 5.20. The van der Waals surface area contributed by atoms with E-state index in [1.807, 2.05) is 11.4 Å². The monoisotopic (exact) mass is 225 g/mol. The van der Waals surface area contributed by atoms with Crippen LogP contribution in [0.15, 0.2) is 11.4 Å². The molecular weight excluding hydrogens is 210 g/mol. The molecule has 2 rings (SSSR count). The lowest BCUT2D eigenvalue weighted by molar-refractivity contribution is -0.107. The molecule has 82 valence electrons. The van der Waals surface area contributed by atoms with Gasteiger partial charge in [-0.15, -0.1) is 11.3 Å². The molecule has 1 fully saturated rings. The molecule has 0 amide bonds. The predicted octanol–water partition coefficient (Wildman–Crippen LogP) is 1.06. The summed E-state index contributed by atoms with van der Waals surface area (Å²) in [5, 5.41) is 15.7. The van der Waals surface area contributed by atoms with Gasteiger partial charge >= 0.3 is 0 Å². The lowest BCUT2D eigenvalue weighted by Crippen LogP contribution is -2.39. The molecule has 1 aliphatic heterocycles. The first-order valence-corrected chi connectivity index (χ1v) is 6.08. The van der Waals surface area contributed by atoms with Gasteiger partial charge in [-0.2, -0.15) is 0 Å². The molecule has 0 saturated carbocycles. The average molecular weight is 225 g/mol. The van der Waals surface area contributed by atoms with E-state index in [-0.39, 0.29) is 0 Å². The molecular formula is C11H15NO2S. The largest absolute Gasteiger partial charge is 0.385 e. The third-order valence-electron chi connectivity index (χ3n) is 2.95.